The van der Waals surface area contributed by atoms with E-state index < -0.39 is 0 Å². The molecule has 0 aromatic rings. The Labute approximate surface area is 75.3 Å². The molecule has 2 saturated heterocycles. The summed E-state index contributed by atoms with van der Waals surface area (Å²) in [6.45, 7) is 5.24. The predicted molar refractivity (Wildman–Crippen MR) is 51.3 cm³/mol. The van der Waals surface area contributed by atoms with Crippen LogP contribution >= 0.6 is 0 Å². The van der Waals surface area contributed by atoms with Crippen LogP contribution in [0.1, 0.15) is 32.1 Å². The van der Waals surface area contributed by atoms with Gasteiger partial charge in [0.25, 0.3) is 0 Å². The zero-order valence-electron chi connectivity index (χ0n) is 7.89. The third kappa shape index (κ3) is 2.20. The van der Waals surface area contributed by atoms with Crippen LogP contribution in [0.2, 0.25) is 0 Å². The summed E-state index contributed by atoms with van der Waals surface area (Å²) in [5, 5.41) is 3.47. The molecule has 1 atom stereocenters. The Kier molecular flexibility index (Phi) is 3.01. The Hall–Kier alpha value is -0.0800. The minimum absolute atomic E-state index is 0.822. The third-order valence-electron chi connectivity index (χ3n) is 3.10. The normalized spacial score (nSPS) is 32.5. The summed E-state index contributed by atoms with van der Waals surface area (Å²) in [4.78, 5) is 2.64. The van der Waals surface area contributed by atoms with Crippen LogP contribution in [0.15, 0.2) is 0 Å². The molecule has 0 aliphatic carbocycles. The molecule has 2 heterocycles. The van der Waals surface area contributed by atoms with Crippen LogP contribution in [0, 0.1) is 0 Å². The lowest BCUT2D eigenvalue weighted by Gasteiger charge is -2.33. The summed E-state index contributed by atoms with van der Waals surface area (Å²) >= 11 is 0. The van der Waals surface area contributed by atoms with E-state index in [0.717, 1.165) is 6.04 Å². The van der Waals surface area contributed by atoms with Crippen LogP contribution < -0.4 is 5.32 Å². The lowest BCUT2D eigenvalue weighted by atomic mass is 10.1. The second kappa shape index (κ2) is 4.24. The van der Waals surface area contributed by atoms with E-state index in [0.29, 0.717) is 0 Å². The minimum atomic E-state index is 0.822. The zero-order chi connectivity index (χ0) is 8.23. The standard InChI is InChI=1S/C10H20N2/c1-2-4-8-12(7-3-1)9-10-5-6-11-10/h10-11H,1-9H2. The van der Waals surface area contributed by atoms with Crippen LogP contribution in [0.5, 0.6) is 0 Å². The first-order valence-electron chi connectivity index (χ1n) is 5.41. The van der Waals surface area contributed by atoms with Crippen molar-refractivity contribution in [2.75, 3.05) is 26.2 Å². The monoisotopic (exact) mass is 168 g/mol. The minimum Gasteiger partial charge on any atom is -0.313 e. The summed E-state index contributed by atoms with van der Waals surface area (Å²) in [5.74, 6) is 0. The fourth-order valence-electron chi connectivity index (χ4n) is 2.13. The SMILES string of the molecule is C1CCCN(CC2CCN2)CC1. The van der Waals surface area contributed by atoms with Crippen molar-refractivity contribution in [2.24, 2.45) is 0 Å². The highest BCUT2D eigenvalue weighted by atomic mass is 15.2. The van der Waals surface area contributed by atoms with Crippen LogP contribution in [0.3, 0.4) is 0 Å². The maximum absolute atomic E-state index is 3.47. The molecule has 0 bridgehead atoms. The molecule has 2 fully saturated rings. The molecule has 1 unspecified atom stereocenters. The third-order valence-corrected chi connectivity index (χ3v) is 3.10. The van der Waals surface area contributed by atoms with E-state index >= 15 is 0 Å². The highest BCUT2D eigenvalue weighted by Gasteiger charge is 2.19. The quantitative estimate of drug-likeness (QED) is 0.667. The van der Waals surface area contributed by atoms with Crippen molar-refractivity contribution in [3.63, 3.8) is 0 Å². The number of hydrogen-bond donors (Lipinski definition) is 1. The molecule has 70 valence electrons. The number of nitrogens with one attached hydrogen (secondary N) is 1. The summed E-state index contributed by atoms with van der Waals surface area (Å²) < 4.78 is 0. The van der Waals surface area contributed by atoms with Crippen molar-refractivity contribution in [3.8, 4) is 0 Å². The van der Waals surface area contributed by atoms with Gasteiger partial charge < -0.3 is 10.2 Å². The number of likely N-dealkylation sites (tertiary alicyclic amines) is 1. The highest BCUT2D eigenvalue weighted by molar-refractivity contribution is 4.81. The van der Waals surface area contributed by atoms with E-state index in [4.69, 9.17) is 0 Å². The number of rotatable bonds is 2. The van der Waals surface area contributed by atoms with E-state index in [1.54, 1.807) is 0 Å². The van der Waals surface area contributed by atoms with Gasteiger partial charge in [-0.25, -0.2) is 0 Å². The average molecular weight is 168 g/mol. The van der Waals surface area contributed by atoms with E-state index in [1.165, 1.54) is 58.3 Å². The molecular formula is C10H20N2. The Morgan fingerprint density at radius 2 is 1.75 bits per heavy atom. The van der Waals surface area contributed by atoms with Gasteiger partial charge in [0, 0.05) is 12.6 Å². The first-order chi connectivity index (χ1) is 5.95. The van der Waals surface area contributed by atoms with Gasteiger partial charge in [0.1, 0.15) is 0 Å². The lowest BCUT2D eigenvalue weighted by Crippen LogP contribution is -2.50. The molecule has 2 aliphatic heterocycles. The first-order valence-corrected chi connectivity index (χ1v) is 5.41. The van der Waals surface area contributed by atoms with Gasteiger partial charge in [0.05, 0.1) is 0 Å². The number of nitrogens with zero attached hydrogens (tertiary/aromatic N) is 1. The molecular weight excluding hydrogens is 148 g/mol. The largest absolute Gasteiger partial charge is 0.313 e. The van der Waals surface area contributed by atoms with Gasteiger partial charge in [-0.2, -0.15) is 0 Å². The Morgan fingerprint density at radius 1 is 1.08 bits per heavy atom. The van der Waals surface area contributed by atoms with E-state index in [1.807, 2.05) is 0 Å². The summed E-state index contributed by atoms with van der Waals surface area (Å²) in [5.41, 5.74) is 0. The lowest BCUT2D eigenvalue weighted by molar-refractivity contribution is 0.214. The van der Waals surface area contributed by atoms with Crippen LogP contribution in [-0.2, 0) is 0 Å². The molecule has 2 nitrogen and oxygen atoms in total. The Bertz CT molecular complexity index is 124. The van der Waals surface area contributed by atoms with Gasteiger partial charge in [0.2, 0.25) is 0 Å². The fraction of sp³-hybridized carbons (Fsp3) is 1.00. The van der Waals surface area contributed by atoms with Crippen molar-refractivity contribution >= 4 is 0 Å². The van der Waals surface area contributed by atoms with Crippen molar-refractivity contribution < 1.29 is 0 Å². The summed E-state index contributed by atoms with van der Waals surface area (Å²) in [7, 11) is 0. The topological polar surface area (TPSA) is 15.3 Å². The molecule has 0 spiro atoms. The van der Waals surface area contributed by atoms with Crippen molar-refractivity contribution in [2.45, 2.75) is 38.1 Å². The maximum atomic E-state index is 3.47. The van der Waals surface area contributed by atoms with Crippen LogP contribution in [-0.4, -0.2) is 37.1 Å². The molecule has 2 heteroatoms. The van der Waals surface area contributed by atoms with E-state index in [9.17, 15) is 0 Å². The number of hydrogen-bond acceptors (Lipinski definition) is 2. The van der Waals surface area contributed by atoms with Crippen molar-refractivity contribution in [1.29, 1.82) is 0 Å². The molecule has 2 rings (SSSR count). The van der Waals surface area contributed by atoms with Gasteiger partial charge in [-0.1, -0.05) is 12.8 Å². The summed E-state index contributed by atoms with van der Waals surface area (Å²) in [6.07, 6.45) is 7.15. The van der Waals surface area contributed by atoms with Crippen LogP contribution in [0.25, 0.3) is 0 Å². The van der Waals surface area contributed by atoms with Gasteiger partial charge in [0.15, 0.2) is 0 Å². The smallest absolute Gasteiger partial charge is 0.0207 e. The van der Waals surface area contributed by atoms with Crippen molar-refractivity contribution in [1.82, 2.24) is 10.2 Å². The molecule has 0 saturated carbocycles. The van der Waals surface area contributed by atoms with Crippen LogP contribution in [0.4, 0.5) is 0 Å². The molecule has 12 heavy (non-hydrogen) atoms. The van der Waals surface area contributed by atoms with Gasteiger partial charge in [-0.15, -0.1) is 0 Å². The second-order valence-corrected chi connectivity index (χ2v) is 4.15. The fourth-order valence-corrected chi connectivity index (χ4v) is 2.13. The Balaban J connectivity index is 1.69. The van der Waals surface area contributed by atoms with Crippen molar-refractivity contribution in [3.05, 3.63) is 0 Å². The zero-order valence-corrected chi connectivity index (χ0v) is 7.89. The Morgan fingerprint density at radius 3 is 2.25 bits per heavy atom. The van der Waals surface area contributed by atoms with Gasteiger partial charge >= 0.3 is 0 Å². The average Bonchev–Trinajstić information content (AvgIpc) is 2.24. The van der Waals surface area contributed by atoms with E-state index in [-0.39, 0.29) is 0 Å². The molecule has 0 aromatic carbocycles. The van der Waals surface area contributed by atoms with Gasteiger partial charge in [-0.05, 0) is 38.9 Å². The predicted octanol–water partition coefficient (Wildman–Crippen LogP) is 1.22. The second-order valence-electron chi connectivity index (χ2n) is 4.15. The molecule has 1 N–H and O–H groups in total. The summed E-state index contributed by atoms with van der Waals surface area (Å²) in [6, 6.07) is 0.822. The van der Waals surface area contributed by atoms with E-state index in [2.05, 4.69) is 10.2 Å². The maximum Gasteiger partial charge on any atom is 0.0207 e. The molecule has 0 radical (unpaired) electrons. The molecule has 2 aliphatic rings. The highest BCUT2D eigenvalue weighted by Crippen LogP contribution is 2.12. The molecule has 0 amide bonds. The van der Waals surface area contributed by atoms with Gasteiger partial charge in [-0.3, -0.25) is 0 Å². The first kappa shape index (κ1) is 8.52. The molecule has 0 aromatic heterocycles.